The van der Waals surface area contributed by atoms with Gasteiger partial charge in [0.25, 0.3) is 5.91 Å². The summed E-state index contributed by atoms with van der Waals surface area (Å²) in [7, 11) is 1.83. The fourth-order valence-electron chi connectivity index (χ4n) is 1.57. The molecule has 1 unspecified atom stereocenters. The molecule has 0 saturated heterocycles. The van der Waals surface area contributed by atoms with E-state index in [2.05, 4.69) is 36.4 Å². The first-order chi connectivity index (χ1) is 8.58. The maximum atomic E-state index is 12.0. The smallest absolute Gasteiger partial charge is 0.252 e. The number of carbonyl (C=O) groups excluding carboxylic acids is 1. The molecule has 1 amide bonds. The van der Waals surface area contributed by atoms with Crippen LogP contribution in [0.5, 0.6) is 0 Å². The lowest BCUT2D eigenvalue weighted by Gasteiger charge is -2.12. The average Bonchev–Trinajstić information content (AvgIpc) is 2.75. The van der Waals surface area contributed by atoms with E-state index in [4.69, 9.17) is 0 Å². The van der Waals surface area contributed by atoms with Gasteiger partial charge in [0.05, 0.1) is 6.04 Å². The third-order valence-electron chi connectivity index (χ3n) is 2.47. The van der Waals surface area contributed by atoms with E-state index in [0.717, 1.165) is 0 Å². The Hall–Kier alpha value is -1.76. The van der Waals surface area contributed by atoms with Crippen LogP contribution in [0.25, 0.3) is 0 Å². The van der Waals surface area contributed by atoms with E-state index in [9.17, 15) is 4.79 Å². The molecule has 18 heavy (non-hydrogen) atoms. The molecule has 2 aromatic heterocycles. The van der Waals surface area contributed by atoms with Gasteiger partial charge in [-0.05, 0) is 35.0 Å². The number of aryl methyl sites for hydroxylation is 1. The zero-order chi connectivity index (χ0) is 13.1. The first-order valence-corrected chi connectivity index (χ1v) is 6.13. The summed E-state index contributed by atoms with van der Waals surface area (Å²) in [5.41, 5.74) is 0.547. The molecule has 94 valence electrons. The number of nitrogens with one attached hydrogen (secondary N) is 1. The highest BCUT2D eigenvalue weighted by atomic mass is 79.9. The van der Waals surface area contributed by atoms with E-state index >= 15 is 0 Å². The molecule has 0 bridgehead atoms. The molecular weight excluding hydrogens is 298 g/mol. The molecule has 0 radical (unpaired) electrons. The van der Waals surface area contributed by atoms with Gasteiger partial charge >= 0.3 is 0 Å². The summed E-state index contributed by atoms with van der Waals surface area (Å²) in [5.74, 6) is 0.532. The third-order valence-corrected chi connectivity index (χ3v) is 2.90. The molecule has 1 atom stereocenters. The van der Waals surface area contributed by atoms with Gasteiger partial charge in [-0.25, -0.2) is 4.98 Å². The lowest BCUT2D eigenvalue weighted by molar-refractivity contribution is 0.0937. The van der Waals surface area contributed by atoms with E-state index in [1.165, 1.54) is 0 Å². The largest absolute Gasteiger partial charge is 0.342 e. The minimum absolute atomic E-state index is 0.173. The Morgan fingerprint density at radius 1 is 1.56 bits per heavy atom. The van der Waals surface area contributed by atoms with Crippen molar-refractivity contribution in [3.8, 4) is 0 Å². The first kappa shape index (κ1) is 12.7. The molecular formula is C11H12BrN5O. The number of pyridine rings is 1. The van der Waals surface area contributed by atoms with Crippen LogP contribution in [0.15, 0.2) is 29.3 Å². The molecule has 0 aliphatic rings. The molecule has 0 aliphatic heterocycles. The standard InChI is InChI=1S/C11H12BrN5O/c1-7(10-16-14-6-17(10)2)15-11(18)8-3-4-13-9(12)5-8/h3-7H,1-2H3,(H,15,18). The van der Waals surface area contributed by atoms with Crippen LogP contribution in [0.3, 0.4) is 0 Å². The van der Waals surface area contributed by atoms with Crippen LogP contribution in [0, 0.1) is 0 Å². The Bertz CT molecular complexity index is 568. The average molecular weight is 310 g/mol. The van der Waals surface area contributed by atoms with Crippen molar-refractivity contribution in [2.75, 3.05) is 0 Å². The summed E-state index contributed by atoms with van der Waals surface area (Å²) < 4.78 is 2.40. The van der Waals surface area contributed by atoms with Gasteiger partial charge in [0.15, 0.2) is 5.82 Å². The van der Waals surface area contributed by atoms with Crippen molar-refractivity contribution in [2.45, 2.75) is 13.0 Å². The molecule has 0 saturated carbocycles. The Balaban J connectivity index is 2.10. The second-order valence-electron chi connectivity index (χ2n) is 3.86. The fraction of sp³-hybridized carbons (Fsp3) is 0.273. The summed E-state index contributed by atoms with van der Waals surface area (Å²) in [4.78, 5) is 16.0. The summed E-state index contributed by atoms with van der Waals surface area (Å²) >= 11 is 3.23. The Morgan fingerprint density at radius 3 is 2.94 bits per heavy atom. The van der Waals surface area contributed by atoms with Crippen molar-refractivity contribution in [1.82, 2.24) is 25.1 Å². The second-order valence-corrected chi connectivity index (χ2v) is 4.67. The number of aromatic nitrogens is 4. The highest BCUT2D eigenvalue weighted by Crippen LogP contribution is 2.11. The Kier molecular flexibility index (Phi) is 3.71. The number of amides is 1. The first-order valence-electron chi connectivity index (χ1n) is 5.34. The molecule has 7 heteroatoms. The molecule has 0 spiro atoms. The van der Waals surface area contributed by atoms with Crippen molar-refractivity contribution < 1.29 is 4.79 Å². The molecule has 2 aromatic rings. The molecule has 0 aliphatic carbocycles. The van der Waals surface area contributed by atoms with Crippen molar-refractivity contribution in [1.29, 1.82) is 0 Å². The molecule has 6 nitrogen and oxygen atoms in total. The summed E-state index contributed by atoms with van der Waals surface area (Å²) in [6.07, 6.45) is 3.17. The minimum Gasteiger partial charge on any atom is -0.342 e. The molecule has 1 N–H and O–H groups in total. The van der Waals surface area contributed by atoms with Crippen LogP contribution in [0.2, 0.25) is 0 Å². The molecule has 2 heterocycles. The van der Waals surface area contributed by atoms with Gasteiger partial charge in [0, 0.05) is 18.8 Å². The van der Waals surface area contributed by atoms with Gasteiger partial charge < -0.3 is 9.88 Å². The fourth-order valence-corrected chi connectivity index (χ4v) is 1.94. The van der Waals surface area contributed by atoms with Gasteiger partial charge in [-0.3, -0.25) is 4.79 Å². The van der Waals surface area contributed by atoms with Crippen LogP contribution in [0.1, 0.15) is 29.1 Å². The van der Waals surface area contributed by atoms with E-state index in [0.29, 0.717) is 16.0 Å². The van der Waals surface area contributed by atoms with Gasteiger partial charge in [0.2, 0.25) is 0 Å². The van der Waals surface area contributed by atoms with Crippen molar-refractivity contribution in [3.63, 3.8) is 0 Å². The quantitative estimate of drug-likeness (QED) is 0.871. The zero-order valence-corrected chi connectivity index (χ0v) is 11.5. The van der Waals surface area contributed by atoms with E-state index < -0.39 is 0 Å². The zero-order valence-electron chi connectivity index (χ0n) is 9.96. The van der Waals surface area contributed by atoms with Crippen LogP contribution < -0.4 is 5.32 Å². The Morgan fingerprint density at radius 2 is 2.33 bits per heavy atom. The predicted molar refractivity (Wildman–Crippen MR) is 68.8 cm³/mol. The topological polar surface area (TPSA) is 72.7 Å². The number of rotatable bonds is 3. The Labute approximate surface area is 113 Å². The van der Waals surface area contributed by atoms with Crippen molar-refractivity contribution in [3.05, 3.63) is 40.6 Å². The van der Waals surface area contributed by atoms with E-state index in [1.54, 1.807) is 29.2 Å². The van der Waals surface area contributed by atoms with Gasteiger partial charge in [-0.1, -0.05) is 0 Å². The third kappa shape index (κ3) is 2.73. The number of hydrogen-bond acceptors (Lipinski definition) is 4. The number of hydrogen-bond donors (Lipinski definition) is 1. The maximum Gasteiger partial charge on any atom is 0.252 e. The van der Waals surface area contributed by atoms with Crippen LogP contribution >= 0.6 is 15.9 Å². The van der Waals surface area contributed by atoms with Crippen molar-refractivity contribution >= 4 is 21.8 Å². The molecule has 2 rings (SSSR count). The number of carbonyl (C=O) groups is 1. The minimum atomic E-state index is -0.211. The highest BCUT2D eigenvalue weighted by molar-refractivity contribution is 9.10. The predicted octanol–water partition coefficient (Wildman–Crippen LogP) is 1.46. The van der Waals surface area contributed by atoms with Gasteiger partial charge in [-0.15, -0.1) is 10.2 Å². The number of halogens is 1. The highest BCUT2D eigenvalue weighted by Gasteiger charge is 2.15. The lowest BCUT2D eigenvalue weighted by atomic mass is 10.2. The van der Waals surface area contributed by atoms with Crippen LogP contribution in [-0.2, 0) is 7.05 Å². The second kappa shape index (κ2) is 5.26. The van der Waals surface area contributed by atoms with E-state index in [1.807, 2.05) is 14.0 Å². The van der Waals surface area contributed by atoms with Crippen LogP contribution in [-0.4, -0.2) is 25.7 Å². The summed E-state index contributed by atoms with van der Waals surface area (Å²) in [6.45, 7) is 1.86. The van der Waals surface area contributed by atoms with E-state index in [-0.39, 0.29) is 11.9 Å². The van der Waals surface area contributed by atoms with Crippen molar-refractivity contribution in [2.24, 2.45) is 7.05 Å². The van der Waals surface area contributed by atoms with Gasteiger partial charge in [0.1, 0.15) is 10.9 Å². The van der Waals surface area contributed by atoms with Gasteiger partial charge in [-0.2, -0.15) is 0 Å². The maximum absolute atomic E-state index is 12.0. The monoisotopic (exact) mass is 309 g/mol. The lowest BCUT2D eigenvalue weighted by Crippen LogP contribution is -2.28. The SMILES string of the molecule is CC(NC(=O)c1ccnc(Br)c1)c1nncn1C. The molecule has 0 fully saturated rings. The van der Waals surface area contributed by atoms with Crippen LogP contribution in [0.4, 0.5) is 0 Å². The number of nitrogens with zero attached hydrogens (tertiary/aromatic N) is 4. The normalized spacial score (nSPS) is 12.2. The summed E-state index contributed by atoms with van der Waals surface area (Å²) in [6, 6.07) is 3.11. The summed E-state index contributed by atoms with van der Waals surface area (Å²) in [5, 5.41) is 10.6. The molecule has 0 aromatic carbocycles.